The quantitative estimate of drug-likeness (QED) is 0.712. The molecule has 1 saturated heterocycles. The van der Waals surface area contributed by atoms with Crippen LogP contribution in [0.1, 0.15) is 33.6 Å². The van der Waals surface area contributed by atoms with Crippen molar-refractivity contribution in [3.63, 3.8) is 0 Å². The van der Waals surface area contributed by atoms with E-state index in [0.717, 1.165) is 4.90 Å². The molecule has 0 unspecified atom stereocenters. The fraction of sp³-hybridized carbons (Fsp3) is 0.667. The summed E-state index contributed by atoms with van der Waals surface area (Å²) in [5, 5.41) is 9.08. The minimum Gasteiger partial charge on any atom is -0.480 e. The van der Waals surface area contributed by atoms with Gasteiger partial charge >= 0.3 is 12.1 Å². The van der Waals surface area contributed by atoms with E-state index < -0.39 is 23.7 Å². The van der Waals surface area contributed by atoms with Gasteiger partial charge in [-0.05, 0) is 27.2 Å². The molecule has 1 atom stereocenters. The van der Waals surface area contributed by atoms with E-state index in [0.29, 0.717) is 12.0 Å². The van der Waals surface area contributed by atoms with Gasteiger partial charge in [-0.1, -0.05) is 0 Å². The second-order valence-corrected chi connectivity index (χ2v) is 5.19. The highest BCUT2D eigenvalue weighted by molar-refractivity contribution is 5.81. The van der Waals surface area contributed by atoms with Crippen molar-refractivity contribution in [3.8, 4) is 0 Å². The van der Waals surface area contributed by atoms with Crippen LogP contribution < -0.4 is 0 Å². The number of hydrogen-bond acceptors (Lipinski definition) is 4. The molecular weight excluding hydrogens is 238 g/mol. The highest BCUT2D eigenvalue weighted by Crippen LogP contribution is 2.23. The van der Waals surface area contributed by atoms with Gasteiger partial charge in [-0.3, -0.25) is 4.90 Å². The number of nitrogens with zero attached hydrogens (tertiary/aromatic N) is 1. The Morgan fingerprint density at radius 2 is 2.06 bits per heavy atom. The largest absolute Gasteiger partial charge is 0.480 e. The van der Waals surface area contributed by atoms with Gasteiger partial charge in [0.15, 0.2) is 0 Å². The Hall–Kier alpha value is -1.81. The van der Waals surface area contributed by atoms with E-state index in [1.807, 2.05) is 0 Å². The molecule has 0 bridgehead atoms. The third kappa shape index (κ3) is 3.60. The van der Waals surface area contributed by atoms with Gasteiger partial charge in [0, 0.05) is 18.5 Å². The Morgan fingerprint density at radius 3 is 2.50 bits per heavy atom. The maximum Gasteiger partial charge on any atom is 0.411 e. The van der Waals surface area contributed by atoms with Crippen LogP contribution in [-0.2, 0) is 14.3 Å². The first-order valence-corrected chi connectivity index (χ1v) is 5.70. The lowest BCUT2D eigenvalue weighted by molar-refractivity contribution is -0.143. The summed E-state index contributed by atoms with van der Waals surface area (Å²) in [7, 11) is 0. The molecular formula is C12H17NO5. The number of carbonyl (C=O) groups is 2. The lowest BCUT2D eigenvalue weighted by Gasteiger charge is -2.34. The van der Waals surface area contributed by atoms with Crippen molar-refractivity contribution in [1.82, 2.24) is 4.90 Å². The van der Waals surface area contributed by atoms with Gasteiger partial charge < -0.3 is 9.84 Å². The molecule has 0 spiro atoms. The Balaban J connectivity index is 2.83. The van der Waals surface area contributed by atoms with Crippen molar-refractivity contribution in [2.24, 2.45) is 0 Å². The second kappa shape index (κ2) is 5.23. The topological polar surface area (TPSA) is 83.9 Å². The van der Waals surface area contributed by atoms with Gasteiger partial charge in [0.25, 0.3) is 0 Å². The van der Waals surface area contributed by atoms with E-state index >= 15 is 0 Å². The number of ether oxygens (including phenoxy) is 1. The Kier molecular flexibility index (Phi) is 4.14. The van der Waals surface area contributed by atoms with E-state index in [9.17, 15) is 14.4 Å². The molecule has 1 fully saturated rings. The number of piperidine rings is 1. The zero-order valence-electron chi connectivity index (χ0n) is 10.7. The SMILES string of the molecule is CC(C)(C)OC(=O)N1CCC(=C=O)C[C@H]1C(=O)O. The Labute approximate surface area is 105 Å². The van der Waals surface area contributed by atoms with Crippen LogP contribution >= 0.6 is 0 Å². The zero-order valence-corrected chi connectivity index (χ0v) is 10.7. The van der Waals surface area contributed by atoms with Crippen molar-refractivity contribution < 1.29 is 24.2 Å². The van der Waals surface area contributed by atoms with Crippen LogP contribution in [0.25, 0.3) is 0 Å². The maximum absolute atomic E-state index is 11.9. The predicted octanol–water partition coefficient (Wildman–Crippen LogP) is 1.23. The number of rotatable bonds is 1. The molecule has 1 rings (SSSR count). The number of aliphatic carboxylic acids is 1. The Morgan fingerprint density at radius 1 is 1.44 bits per heavy atom. The number of carbonyl (C=O) groups excluding carboxylic acids is 2. The summed E-state index contributed by atoms with van der Waals surface area (Å²) >= 11 is 0. The molecule has 6 nitrogen and oxygen atoms in total. The van der Waals surface area contributed by atoms with Gasteiger partial charge in [-0.25, -0.2) is 14.4 Å². The summed E-state index contributed by atoms with van der Waals surface area (Å²) in [6.45, 7) is 5.29. The first-order chi connectivity index (χ1) is 8.24. The van der Waals surface area contributed by atoms with Gasteiger partial charge in [0.2, 0.25) is 0 Å². The first-order valence-electron chi connectivity index (χ1n) is 5.70. The average Bonchev–Trinajstić information content (AvgIpc) is 2.25. The van der Waals surface area contributed by atoms with Crippen LogP contribution in [0.15, 0.2) is 5.57 Å². The molecule has 1 N–H and O–H groups in total. The van der Waals surface area contributed by atoms with Crippen LogP contribution in [0, 0.1) is 0 Å². The third-order valence-electron chi connectivity index (χ3n) is 2.53. The van der Waals surface area contributed by atoms with Crippen LogP contribution in [0.5, 0.6) is 0 Å². The van der Waals surface area contributed by atoms with Crippen LogP contribution in [0.3, 0.4) is 0 Å². The van der Waals surface area contributed by atoms with E-state index in [1.54, 1.807) is 26.7 Å². The lowest BCUT2D eigenvalue weighted by atomic mass is 9.98. The molecule has 0 saturated carbocycles. The number of carboxylic acid groups (broad SMARTS) is 1. The highest BCUT2D eigenvalue weighted by atomic mass is 16.6. The average molecular weight is 255 g/mol. The molecule has 0 aliphatic carbocycles. The molecule has 1 aliphatic rings. The third-order valence-corrected chi connectivity index (χ3v) is 2.53. The number of likely N-dealkylation sites (tertiary alicyclic amines) is 1. The first kappa shape index (κ1) is 14.3. The molecule has 6 heteroatoms. The standard InChI is InChI=1S/C12H17NO5/c1-12(2,3)18-11(17)13-5-4-8(7-14)6-9(13)10(15)16/h9H,4-6H2,1-3H3,(H,15,16)/t9-/m0/s1. The molecule has 1 aliphatic heterocycles. The Bertz CT molecular complexity index is 403. The minimum atomic E-state index is -1.15. The van der Waals surface area contributed by atoms with Crippen LogP contribution in [0.2, 0.25) is 0 Å². The van der Waals surface area contributed by atoms with Crippen molar-refractivity contribution in [2.75, 3.05) is 6.54 Å². The summed E-state index contributed by atoms with van der Waals surface area (Å²) in [6, 6.07) is -1.05. The number of carboxylic acids is 1. The van der Waals surface area contributed by atoms with Crippen molar-refractivity contribution in [2.45, 2.75) is 45.3 Å². The highest BCUT2D eigenvalue weighted by Gasteiger charge is 2.36. The molecule has 0 aromatic carbocycles. The summed E-state index contributed by atoms with van der Waals surface area (Å²) < 4.78 is 5.14. The molecule has 0 radical (unpaired) electrons. The lowest BCUT2D eigenvalue weighted by Crippen LogP contribution is -2.50. The fourth-order valence-electron chi connectivity index (χ4n) is 1.71. The summed E-state index contributed by atoms with van der Waals surface area (Å²) in [5.74, 6) is 0.576. The number of amides is 1. The van der Waals surface area contributed by atoms with E-state index in [1.165, 1.54) is 0 Å². The van der Waals surface area contributed by atoms with Crippen LogP contribution in [0.4, 0.5) is 4.79 Å². The predicted molar refractivity (Wildman–Crippen MR) is 62.8 cm³/mol. The van der Waals surface area contributed by atoms with Gasteiger partial charge in [-0.15, -0.1) is 0 Å². The smallest absolute Gasteiger partial charge is 0.411 e. The van der Waals surface area contributed by atoms with Gasteiger partial charge in [0.05, 0.1) is 0 Å². The van der Waals surface area contributed by atoms with Crippen molar-refractivity contribution in [1.29, 1.82) is 0 Å². The van der Waals surface area contributed by atoms with Gasteiger partial charge in [0.1, 0.15) is 17.6 Å². The summed E-state index contributed by atoms with van der Waals surface area (Å²) in [5.41, 5.74) is -0.289. The molecule has 1 amide bonds. The summed E-state index contributed by atoms with van der Waals surface area (Å²) in [4.78, 5) is 34.7. The molecule has 0 aromatic rings. The second-order valence-electron chi connectivity index (χ2n) is 5.19. The molecule has 1 heterocycles. The zero-order chi connectivity index (χ0) is 13.9. The van der Waals surface area contributed by atoms with E-state index in [2.05, 4.69) is 0 Å². The van der Waals surface area contributed by atoms with E-state index in [4.69, 9.17) is 9.84 Å². The molecule has 100 valence electrons. The number of hydrogen-bond donors (Lipinski definition) is 1. The van der Waals surface area contributed by atoms with E-state index in [-0.39, 0.29) is 13.0 Å². The van der Waals surface area contributed by atoms with Gasteiger partial charge in [-0.2, -0.15) is 0 Å². The normalized spacial score (nSPS) is 20.3. The van der Waals surface area contributed by atoms with Crippen molar-refractivity contribution >= 4 is 18.0 Å². The molecule has 0 aromatic heterocycles. The van der Waals surface area contributed by atoms with Crippen LogP contribution in [-0.4, -0.2) is 46.2 Å². The summed E-state index contributed by atoms with van der Waals surface area (Å²) in [6.07, 6.45) is -0.315. The van der Waals surface area contributed by atoms with Crippen molar-refractivity contribution in [3.05, 3.63) is 5.57 Å². The minimum absolute atomic E-state index is 0.0120. The molecule has 18 heavy (non-hydrogen) atoms. The monoisotopic (exact) mass is 255 g/mol. The fourth-order valence-corrected chi connectivity index (χ4v) is 1.71. The maximum atomic E-state index is 11.9.